The Bertz CT molecular complexity index is 1130. The van der Waals surface area contributed by atoms with Gasteiger partial charge >= 0.3 is 6.18 Å². The highest BCUT2D eigenvalue weighted by molar-refractivity contribution is 5.91. The molecule has 1 amide bonds. The monoisotopic (exact) mass is 405 g/mol. The number of alkyl halides is 3. The van der Waals surface area contributed by atoms with E-state index < -0.39 is 17.4 Å². The first-order chi connectivity index (χ1) is 13.7. The van der Waals surface area contributed by atoms with Crippen molar-refractivity contribution in [1.29, 1.82) is 0 Å². The normalized spacial score (nSPS) is 17.7. The highest BCUT2D eigenvalue weighted by atomic mass is 19.4. The topological polar surface area (TPSA) is 79.2 Å². The number of likely N-dealkylation sites (tertiary alicyclic amines) is 1. The molecular formula is C20H18F3N3O3. The van der Waals surface area contributed by atoms with Gasteiger partial charge in [0.2, 0.25) is 0 Å². The highest BCUT2D eigenvalue weighted by Gasteiger charge is 2.33. The lowest BCUT2D eigenvalue weighted by Gasteiger charge is -2.32. The fourth-order valence-corrected chi connectivity index (χ4v) is 3.66. The van der Waals surface area contributed by atoms with Crippen molar-refractivity contribution in [2.45, 2.75) is 31.9 Å². The number of amides is 1. The van der Waals surface area contributed by atoms with Crippen LogP contribution in [-0.4, -0.2) is 33.9 Å². The summed E-state index contributed by atoms with van der Waals surface area (Å²) >= 11 is 0. The van der Waals surface area contributed by atoms with Gasteiger partial charge in [-0.2, -0.15) is 13.2 Å². The lowest BCUT2D eigenvalue weighted by molar-refractivity contribution is -0.140. The van der Waals surface area contributed by atoms with Crippen LogP contribution >= 0.6 is 0 Å². The number of H-pyrrole nitrogens is 1. The van der Waals surface area contributed by atoms with Gasteiger partial charge < -0.3 is 14.3 Å². The molecule has 4 rings (SSSR count). The van der Waals surface area contributed by atoms with Gasteiger partial charge in [0.25, 0.3) is 11.5 Å². The molecule has 1 saturated heterocycles. The number of furan rings is 1. The van der Waals surface area contributed by atoms with Crippen LogP contribution in [0.2, 0.25) is 0 Å². The Balaban J connectivity index is 1.64. The predicted molar refractivity (Wildman–Crippen MR) is 98.7 cm³/mol. The molecule has 1 N–H and O–H groups in total. The number of halogens is 3. The van der Waals surface area contributed by atoms with Gasteiger partial charge in [-0.25, -0.2) is 4.98 Å². The summed E-state index contributed by atoms with van der Waals surface area (Å²) < 4.78 is 44.3. The lowest BCUT2D eigenvalue weighted by atomic mass is 9.93. The van der Waals surface area contributed by atoms with Crippen molar-refractivity contribution < 1.29 is 22.4 Å². The fraction of sp³-hybridized carbons (Fsp3) is 0.350. The van der Waals surface area contributed by atoms with E-state index in [4.69, 9.17) is 4.42 Å². The number of aromatic amines is 1. The van der Waals surface area contributed by atoms with E-state index >= 15 is 0 Å². The summed E-state index contributed by atoms with van der Waals surface area (Å²) in [5.41, 5.74) is -1.08. The first kappa shape index (κ1) is 19.2. The van der Waals surface area contributed by atoms with Gasteiger partial charge in [0.1, 0.15) is 11.5 Å². The van der Waals surface area contributed by atoms with Crippen molar-refractivity contribution in [3.63, 3.8) is 0 Å². The van der Waals surface area contributed by atoms with E-state index in [1.54, 1.807) is 24.0 Å². The zero-order valence-electron chi connectivity index (χ0n) is 15.5. The summed E-state index contributed by atoms with van der Waals surface area (Å²) in [4.78, 5) is 33.0. The smallest absolute Gasteiger partial charge is 0.433 e. The Morgan fingerprint density at radius 1 is 1.28 bits per heavy atom. The van der Waals surface area contributed by atoms with Crippen molar-refractivity contribution in [2.75, 3.05) is 13.1 Å². The Morgan fingerprint density at radius 3 is 2.76 bits per heavy atom. The zero-order valence-corrected chi connectivity index (χ0v) is 15.5. The van der Waals surface area contributed by atoms with E-state index in [0.717, 1.165) is 12.1 Å². The van der Waals surface area contributed by atoms with Crippen molar-refractivity contribution in [3.8, 4) is 0 Å². The van der Waals surface area contributed by atoms with Crippen LogP contribution in [0.4, 0.5) is 13.2 Å². The van der Waals surface area contributed by atoms with Gasteiger partial charge in [0.15, 0.2) is 5.76 Å². The standard InChI is InChI=1S/C20H18F3N3O3/c1-11-4-6-16(29-11)19(28)26-8-2-3-12(10-26)14-9-15-13(18(27)25-14)5-7-17(24-15)20(21,22)23/h4-7,9,12H,2-3,8,10H2,1H3,(H,25,27). The summed E-state index contributed by atoms with van der Waals surface area (Å²) in [7, 11) is 0. The molecule has 29 heavy (non-hydrogen) atoms. The molecule has 1 atom stereocenters. The van der Waals surface area contributed by atoms with Gasteiger partial charge in [-0.1, -0.05) is 0 Å². The molecular weight excluding hydrogens is 387 g/mol. The average Bonchev–Trinajstić information content (AvgIpc) is 3.12. The first-order valence-electron chi connectivity index (χ1n) is 9.19. The van der Waals surface area contributed by atoms with Crippen LogP contribution in [0.3, 0.4) is 0 Å². The molecule has 1 unspecified atom stereocenters. The van der Waals surface area contributed by atoms with Gasteiger partial charge in [0.05, 0.1) is 10.9 Å². The lowest BCUT2D eigenvalue weighted by Crippen LogP contribution is -2.39. The molecule has 152 valence electrons. The van der Waals surface area contributed by atoms with Gasteiger partial charge in [0, 0.05) is 24.7 Å². The minimum Gasteiger partial charge on any atom is -0.456 e. The number of nitrogens with zero attached hydrogens (tertiary/aromatic N) is 2. The SMILES string of the molecule is Cc1ccc(C(=O)N2CCCC(c3cc4nc(C(F)(F)F)ccc4c(=O)[nH]3)C2)o1. The number of fused-ring (bicyclic) bond motifs is 1. The summed E-state index contributed by atoms with van der Waals surface area (Å²) in [5, 5.41) is 0.0940. The number of carbonyl (C=O) groups excluding carboxylic acids is 1. The molecule has 3 aromatic rings. The molecule has 0 saturated carbocycles. The van der Waals surface area contributed by atoms with E-state index in [-0.39, 0.29) is 28.5 Å². The second kappa shape index (κ2) is 7.06. The van der Waals surface area contributed by atoms with Crippen LogP contribution in [0.15, 0.2) is 39.5 Å². The highest BCUT2D eigenvalue weighted by Crippen LogP contribution is 2.30. The average molecular weight is 405 g/mol. The van der Waals surface area contributed by atoms with E-state index in [1.807, 2.05) is 0 Å². The van der Waals surface area contributed by atoms with Crippen molar-refractivity contribution in [3.05, 3.63) is 63.6 Å². The van der Waals surface area contributed by atoms with Crippen LogP contribution < -0.4 is 5.56 Å². The number of nitrogens with one attached hydrogen (secondary N) is 1. The summed E-state index contributed by atoms with van der Waals surface area (Å²) in [5.74, 6) is 0.416. The number of aryl methyl sites for hydroxylation is 1. The zero-order chi connectivity index (χ0) is 20.8. The van der Waals surface area contributed by atoms with Crippen molar-refractivity contribution >= 4 is 16.8 Å². The number of aromatic nitrogens is 2. The van der Waals surface area contributed by atoms with Crippen LogP contribution in [0.1, 0.15) is 46.5 Å². The molecule has 9 heteroatoms. The number of pyridine rings is 2. The van der Waals surface area contributed by atoms with Gasteiger partial charge in [-0.3, -0.25) is 9.59 Å². The maximum Gasteiger partial charge on any atom is 0.433 e. The maximum absolute atomic E-state index is 13.0. The second-order valence-electron chi connectivity index (χ2n) is 7.18. The number of piperidine rings is 1. The Morgan fingerprint density at radius 2 is 2.07 bits per heavy atom. The van der Waals surface area contributed by atoms with E-state index in [0.29, 0.717) is 37.4 Å². The fourth-order valence-electron chi connectivity index (χ4n) is 3.66. The third-order valence-corrected chi connectivity index (χ3v) is 5.11. The van der Waals surface area contributed by atoms with Crippen LogP contribution in [0.25, 0.3) is 10.9 Å². The van der Waals surface area contributed by atoms with E-state index in [1.165, 1.54) is 6.07 Å². The molecule has 3 aromatic heterocycles. The van der Waals surface area contributed by atoms with Crippen LogP contribution in [-0.2, 0) is 6.18 Å². The Hall–Kier alpha value is -3.10. The number of rotatable bonds is 2. The minimum absolute atomic E-state index is 0.0105. The third-order valence-electron chi connectivity index (χ3n) is 5.11. The Labute approximate surface area is 163 Å². The number of hydrogen-bond acceptors (Lipinski definition) is 4. The van der Waals surface area contributed by atoms with Crippen LogP contribution in [0, 0.1) is 6.92 Å². The molecule has 1 fully saturated rings. The number of carbonyl (C=O) groups is 1. The largest absolute Gasteiger partial charge is 0.456 e. The van der Waals surface area contributed by atoms with Crippen LogP contribution in [0.5, 0.6) is 0 Å². The molecule has 1 aliphatic rings. The molecule has 0 bridgehead atoms. The van der Waals surface area contributed by atoms with E-state index in [2.05, 4.69) is 9.97 Å². The summed E-state index contributed by atoms with van der Waals surface area (Å²) in [6.45, 7) is 2.63. The molecule has 1 aliphatic heterocycles. The molecule has 0 spiro atoms. The van der Waals surface area contributed by atoms with Gasteiger partial charge in [-0.15, -0.1) is 0 Å². The molecule has 0 aromatic carbocycles. The second-order valence-corrected chi connectivity index (χ2v) is 7.18. The summed E-state index contributed by atoms with van der Waals surface area (Å²) in [6, 6.07) is 6.72. The quantitative estimate of drug-likeness (QED) is 0.702. The third kappa shape index (κ3) is 3.76. The molecule has 0 aliphatic carbocycles. The number of hydrogen-bond donors (Lipinski definition) is 1. The summed E-state index contributed by atoms with van der Waals surface area (Å²) in [6.07, 6.45) is -3.19. The van der Waals surface area contributed by atoms with Gasteiger partial charge in [-0.05, 0) is 50.1 Å². The minimum atomic E-state index is -4.59. The van der Waals surface area contributed by atoms with E-state index in [9.17, 15) is 22.8 Å². The predicted octanol–water partition coefficient (Wildman–Crippen LogP) is 3.86. The Kier molecular flexibility index (Phi) is 4.68. The first-order valence-corrected chi connectivity index (χ1v) is 9.19. The van der Waals surface area contributed by atoms with Crippen molar-refractivity contribution in [2.24, 2.45) is 0 Å². The molecule has 6 nitrogen and oxygen atoms in total. The maximum atomic E-state index is 13.0. The molecule has 0 radical (unpaired) electrons. The van der Waals surface area contributed by atoms with Crippen molar-refractivity contribution in [1.82, 2.24) is 14.9 Å². The molecule has 4 heterocycles.